The molecule has 9 nitrogen and oxygen atoms in total. The zero-order valence-corrected chi connectivity index (χ0v) is 18.5. The number of esters is 1. The van der Waals surface area contributed by atoms with Crippen LogP contribution in [0.4, 0.5) is 10.7 Å². The lowest BCUT2D eigenvalue weighted by Crippen LogP contribution is -2.52. The third-order valence-electron chi connectivity index (χ3n) is 5.45. The quantitative estimate of drug-likeness (QED) is 0.642. The first-order valence-electron chi connectivity index (χ1n) is 10.5. The summed E-state index contributed by atoms with van der Waals surface area (Å²) in [7, 11) is 0. The molecule has 4 rings (SSSR count). The van der Waals surface area contributed by atoms with Crippen LogP contribution in [0.2, 0.25) is 5.02 Å². The van der Waals surface area contributed by atoms with Crippen molar-refractivity contribution in [1.82, 2.24) is 25.5 Å². The van der Waals surface area contributed by atoms with Gasteiger partial charge in [0.25, 0.3) is 0 Å². The molecule has 1 aromatic heterocycles. The SMILES string of the molecule is CCOC(=O)C1=C(CN2CCN(c3ncccn3)CC2)NC(=O)NC1c1ccccc1Cl. The van der Waals surface area contributed by atoms with Crippen molar-refractivity contribution in [2.75, 3.05) is 44.2 Å². The van der Waals surface area contributed by atoms with Crippen molar-refractivity contribution < 1.29 is 14.3 Å². The molecule has 2 N–H and O–H groups in total. The molecule has 1 saturated heterocycles. The monoisotopic (exact) mass is 456 g/mol. The summed E-state index contributed by atoms with van der Waals surface area (Å²) in [6.07, 6.45) is 3.45. The fourth-order valence-corrected chi connectivity index (χ4v) is 4.16. The van der Waals surface area contributed by atoms with Gasteiger partial charge in [-0.05, 0) is 24.6 Å². The number of urea groups is 1. The van der Waals surface area contributed by atoms with Crippen LogP contribution >= 0.6 is 11.6 Å². The molecule has 10 heteroatoms. The second kappa shape index (κ2) is 9.97. The molecule has 2 aromatic rings. The number of ether oxygens (including phenoxy) is 1. The summed E-state index contributed by atoms with van der Waals surface area (Å²) in [4.78, 5) is 38.3. The molecule has 1 unspecified atom stereocenters. The van der Waals surface area contributed by atoms with E-state index in [0.717, 1.165) is 26.2 Å². The van der Waals surface area contributed by atoms with Crippen molar-refractivity contribution in [3.05, 3.63) is 64.6 Å². The van der Waals surface area contributed by atoms with Gasteiger partial charge in [-0.3, -0.25) is 4.90 Å². The number of aromatic nitrogens is 2. The Balaban J connectivity index is 1.57. The second-order valence-electron chi connectivity index (χ2n) is 7.48. The van der Waals surface area contributed by atoms with Crippen LogP contribution in [0.15, 0.2) is 54.0 Å². The summed E-state index contributed by atoms with van der Waals surface area (Å²) in [6, 6.07) is 7.88. The van der Waals surface area contributed by atoms with Gasteiger partial charge < -0.3 is 20.3 Å². The Hall–Kier alpha value is -3.17. The Kier molecular flexibility index (Phi) is 6.87. The minimum atomic E-state index is -0.689. The highest BCUT2D eigenvalue weighted by Gasteiger charge is 2.35. The summed E-state index contributed by atoms with van der Waals surface area (Å²) < 4.78 is 5.33. The lowest BCUT2D eigenvalue weighted by molar-refractivity contribution is -0.139. The second-order valence-corrected chi connectivity index (χ2v) is 7.88. The fourth-order valence-electron chi connectivity index (χ4n) is 3.92. The van der Waals surface area contributed by atoms with Gasteiger partial charge in [-0.25, -0.2) is 19.6 Å². The number of nitrogens with zero attached hydrogens (tertiary/aromatic N) is 4. The topological polar surface area (TPSA) is 99.7 Å². The first-order chi connectivity index (χ1) is 15.6. The number of rotatable bonds is 6. The highest BCUT2D eigenvalue weighted by atomic mass is 35.5. The Morgan fingerprint density at radius 1 is 1.16 bits per heavy atom. The van der Waals surface area contributed by atoms with Crippen molar-refractivity contribution in [3.63, 3.8) is 0 Å². The molecule has 0 bridgehead atoms. The number of nitrogens with one attached hydrogen (secondary N) is 2. The molecule has 0 aliphatic carbocycles. The highest BCUT2D eigenvalue weighted by Crippen LogP contribution is 2.32. The fraction of sp³-hybridized carbons (Fsp3) is 0.364. The van der Waals surface area contributed by atoms with E-state index in [4.69, 9.17) is 16.3 Å². The van der Waals surface area contributed by atoms with Gasteiger partial charge in [-0.2, -0.15) is 0 Å². The molecule has 168 valence electrons. The minimum Gasteiger partial charge on any atom is -0.463 e. The van der Waals surface area contributed by atoms with Crippen molar-refractivity contribution >= 4 is 29.5 Å². The maximum atomic E-state index is 12.9. The minimum absolute atomic E-state index is 0.231. The molecule has 0 saturated carbocycles. The number of piperazine rings is 1. The first kappa shape index (κ1) is 22.0. The molecule has 2 aliphatic heterocycles. The molecule has 1 aromatic carbocycles. The zero-order valence-electron chi connectivity index (χ0n) is 17.8. The summed E-state index contributed by atoms with van der Waals surface area (Å²) in [5.74, 6) is 0.226. The van der Waals surface area contributed by atoms with Gasteiger partial charge in [-0.1, -0.05) is 29.8 Å². The highest BCUT2D eigenvalue weighted by molar-refractivity contribution is 6.31. The van der Waals surface area contributed by atoms with Crippen LogP contribution in [-0.2, 0) is 9.53 Å². The van der Waals surface area contributed by atoms with E-state index in [2.05, 4.69) is 30.4 Å². The van der Waals surface area contributed by atoms with Gasteiger partial charge in [0.15, 0.2) is 0 Å². The Morgan fingerprint density at radius 2 is 1.88 bits per heavy atom. The van der Waals surface area contributed by atoms with Gasteiger partial charge in [-0.15, -0.1) is 0 Å². The van der Waals surface area contributed by atoms with Crippen LogP contribution in [0.5, 0.6) is 0 Å². The molecular formula is C22H25ClN6O3. The molecule has 0 spiro atoms. The van der Waals surface area contributed by atoms with E-state index in [0.29, 0.717) is 34.3 Å². The molecular weight excluding hydrogens is 432 g/mol. The predicted octanol–water partition coefficient (Wildman–Crippen LogP) is 2.12. The average molecular weight is 457 g/mol. The van der Waals surface area contributed by atoms with E-state index < -0.39 is 12.0 Å². The van der Waals surface area contributed by atoms with Crippen molar-refractivity contribution in [2.24, 2.45) is 0 Å². The van der Waals surface area contributed by atoms with Gasteiger partial charge >= 0.3 is 12.0 Å². The smallest absolute Gasteiger partial charge is 0.338 e. The van der Waals surface area contributed by atoms with E-state index in [1.165, 1.54) is 0 Å². The number of hydrogen-bond donors (Lipinski definition) is 2. The number of carbonyl (C=O) groups excluding carboxylic acids is 2. The maximum Gasteiger partial charge on any atom is 0.338 e. The van der Waals surface area contributed by atoms with E-state index in [-0.39, 0.29) is 12.6 Å². The van der Waals surface area contributed by atoms with E-state index in [9.17, 15) is 9.59 Å². The molecule has 1 atom stereocenters. The van der Waals surface area contributed by atoms with Crippen LogP contribution < -0.4 is 15.5 Å². The van der Waals surface area contributed by atoms with Crippen LogP contribution in [0.25, 0.3) is 0 Å². The van der Waals surface area contributed by atoms with E-state index in [1.54, 1.807) is 43.6 Å². The molecule has 3 heterocycles. The van der Waals surface area contributed by atoms with Gasteiger partial charge in [0, 0.05) is 55.8 Å². The van der Waals surface area contributed by atoms with Gasteiger partial charge in [0.2, 0.25) is 5.95 Å². The molecule has 2 aliphatic rings. The van der Waals surface area contributed by atoms with Gasteiger partial charge in [0.05, 0.1) is 18.2 Å². The van der Waals surface area contributed by atoms with E-state index in [1.807, 2.05) is 6.07 Å². The molecule has 32 heavy (non-hydrogen) atoms. The molecule has 1 fully saturated rings. The zero-order chi connectivity index (χ0) is 22.5. The number of amides is 2. The predicted molar refractivity (Wildman–Crippen MR) is 120 cm³/mol. The van der Waals surface area contributed by atoms with Crippen LogP contribution in [0.1, 0.15) is 18.5 Å². The summed E-state index contributed by atoms with van der Waals surface area (Å²) in [5, 5.41) is 6.11. The van der Waals surface area contributed by atoms with Crippen LogP contribution in [-0.4, -0.2) is 66.2 Å². The average Bonchev–Trinajstić information content (AvgIpc) is 2.80. The summed E-state index contributed by atoms with van der Waals surface area (Å²) in [6.45, 7) is 5.34. The Bertz CT molecular complexity index is 1010. The first-order valence-corrected chi connectivity index (χ1v) is 10.9. The van der Waals surface area contributed by atoms with Crippen LogP contribution in [0, 0.1) is 0 Å². The van der Waals surface area contributed by atoms with Crippen molar-refractivity contribution in [2.45, 2.75) is 13.0 Å². The number of carbonyl (C=O) groups is 2. The standard InChI is InChI=1S/C22H25ClN6O3/c1-2-32-20(30)18-17(26-22(31)27-19(18)15-6-3-4-7-16(15)23)14-28-10-12-29(13-11-28)21-24-8-5-9-25-21/h3-9,19H,2,10-14H2,1H3,(H2,26,27,31). The van der Waals surface area contributed by atoms with E-state index >= 15 is 0 Å². The largest absolute Gasteiger partial charge is 0.463 e. The number of halogens is 1. The number of benzene rings is 1. The van der Waals surface area contributed by atoms with Crippen molar-refractivity contribution in [3.8, 4) is 0 Å². The summed E-state index contributed by atoms with van der Waals surface area (Å²) >= 11 is 6.39. The summed E-state index contributed by atoms with van der Waals surface area (Å²) in [5.41, 5.74) is 1.55. The maximum absolute atomic E-state index is 12.9. The third kappa shape index (κ3) is 4.84. The number of anilines is 1. The van der Waals surface area contributed by atoms with Crippen molar-refractivity contribution in [1.29, 1.82) is 0 Å². The number of hydrogen-bond acceptors (Lipinski definition) is 7. The Morgan fingerprint density at radius 3 is 2.56 bits per heavy atom. The molecule has 2 amide bonds. The van der Waals surface area contributed by atoms with Crippen LogP contribution in [0.3, 0.4) is 0 Å². The van der Waals surface area contributed by atoms with Gasteiger partial charge in [0.1, 0.15) is 0 Å². The molecule has 0 radical (unpaired) electrons. The third-order valence-corrected chi connectivity index (χ3v) is 5.80. The lowest BCUT2D eigenvalue weighted by atomic mass is 9.95. The Labute approximate surface area is 191 Å². The lowest BCUT2D eigenvalue weighted by Gasteiger charge is -2.37. The normalized spacial score (nSPS) is 19.4.